The van der Waals surface area contributed by atoms with Crippen molar-refractivity contribution in [1.29, 1.82) is 0 Å². The van der Waals surface area contributed by atoms with Crippen molar-refractivity contribution in [2.24, 2.45) is 0 Å². The second kappa shape index (κ2) is 4.60. The first-order chi connectivity index (χ1) is 6.85. The highest BCUT2D eigenvalue weighted by atomic mass is 16.7. The van der Waals surface area contributed by atoms with E-state index in [1.54, 1.807) is 0 Å². The summed E-state index contributed by atoms with van der Waals surface area (Å²) in [4.78, 5) is 0. The van der Waals surface area contributed by atoms with Crippen LogP contribution in [0.1, 0.15) is 44.9 Å². The lowest BCUT2D eigenvalue weighted by molar-refractivity contribution is -0.162. The lowest BCUT2D eigenvalue weighted by Gasteiger charge is -2.21. The molecule has 1 atom stereocenters. The molecule has 2 fully saturated rings. The molecule has 1 unspecified atom stereocenters. The van der Waals surface area contributed by atoms with Gasteiger partial charge in [-0.15, -0.1) is 0 Å². The topological polar surface area (TPSA) is 38.7 Å². The van der Waals surface area contributed by atoms with Gasteiger partial charge in [0.1, 0.15) is 0 Å². The Kier molecular flexibility index (Phi) is 3.42. The molecule has 1 saturated heterocycles. The molecule has 1 heterocycles. The maximum absolute atomic E-state index is 8.67. The second-order valence-electron chi connectivity index (χ2n) is 4.39. The molecule has 14 heavy (non-hydrogen) atoms. The van der Waals surface area contributed by atoms with Crippen LogP contribution in [0.5, 0.6) is 0 Å². The van der Waals surface area contributed by atoms with Crippen LogP contribution >= 0.6 is 0 Å². The van der Waals surface area contributed by atoms with E-state index in [1.165, 1.54) is 12.8 Å². The van der Waals surface area contributed by atoms with E-state index in [0.29, 0.717) is 6.61 Å². The Hall–Kier alpha value is -0.120. The summed E-state index contributed by atoms with van der Waals surface area (Å²) in [5.74, 6) is -0.204. The summed E-state index contributed by atoms with van der Waals surface area (Å²) in [7, 11) is 0. The fourth-order valence-electron chi connectivity index (χ4n) is 2.42. The van der Waals surface area contributed by atoms with Gasteiger partial charge in [-0.2, -0.15) is 0 Å². The van der Waals surface area contributed by atoms with Crippen LogP contribution < -0.4 is 0 Å². The number of hydrogen-bond donors (Lipinski definition) is 1. The summed E-state index contributed by atoms with van der Waals surface area (Å²) in [5.41, 5.74) is 0. The molecular formula is C11H20O3. The number of aliphatic hydroxyl groups is 1. The Morgan fingerprint density at radius 2 is 2.00 bits per heavy atom. The van der Waals surface area contributed by atoms with Crippen LogP contribution in [0, 0.1) is 0 Å². The van der Waals surface area contributed by atoms with E-state index in [2.05, 4.69) is 0 Å². The van der Waals surface area contributed by atoms with Gasteiger partial charge in [-0.25, -0.2) is 0 Å². The van der Waals surface area contributed by atoms with Crippen molar-refractivity contribution in [2.75, 3.05) is 13.2 Å². The van der Waals surface area contributed by atoms with Crippen molar-refractivity contribution in [2.45, 2.75) is 56.8 Å². The molecule has 1 N–H and O–H groups in total. The molecule has 1 saturated carbocycles. The molecule has 0 amide bonds. The second-order valence-corrected chi connectivity index (χ2v) is 4.39. The highest BCUT2D eigenvalue weighted by molar-refractivity contribution is 4.83. The lowest BCUT2D eigenvalue weighted by Crippen LogP contribution is -2.26. The van der Waals surface area contributed by atoms with Gasteiger partial charge < -0.3 is 14.6 Å². The highest BCUT2D eigenvalue weighted by Gasteiger charge is 2.43. The molecule has 1 aliphatic heterocycles. The number of unbranched alkanes of at least 4 members (excludes halogenated alkanes) is 1. The zero-order valence-corrected chi connectivity index (χ0v) is 8.71. The molecule has 0 radical (unpaired) electrons. The molecule has 0 aromatic carbocycles. The van der Waals surface area contributed by atoms with Crippen LogP contribution in [-0.4, -0.2) is 30.2 Å². The molecular weight excluding hydrogens is 180 g/mol. The van der Waals surface area contributed by atoms with E-state index in [4.69, 9.17) is 14.6 Å². The van der Waals surface area contributed by atoms with Crippen molar-refractivity contribution >= 4 is 0 Å². The standard InChI is InChI=1S/C11H20O3/c12-8-4-1-5-10-9-13-11(14-10)6-2-3-7-11/h10,12H,1-9H2. The quantitative estimate of drug-likeness (QED) is 0.704. The van der Waals surface area contributed by atoms with Gasteiger partial charge in [0.2, 0.25) is 0 Å². The molecule has 1 aliphatic carbocycles. The van der Waals surface area contributed by atoms with Crippen LogP contribution in [0.3, 0.4) is 0 Å². The Morgan fingerprint density at radius 3 is 2.71 bits per heavy atom. The molecule has 0 aromatic heterocycles. The van der Waals surface area contributed by atoms with Gasteiger partial charge in [0, 0.05) is 19.4 Å². The molecule has 2 rings (SSSR count). The van der Waals surface area contributed by atoms with Crippen LogP contribution in [0.4, 0.5) is 0 Å². The van der Waals surface area contributed by atoms with E-state index >= 15 is 0 Å². The number of ether oxygens (including phenoxy) is 2. The summed E-state index contributed by atoms with van der Waals surface area (Å²) in [6.07, 6.45) is 7.86. The average molecular weight is 200 g/mol. The lowest BCUT2D eigenvalue weighted by atomic mass is 10.1. The average Bonchev–Trinajstić information content (AvgIpc) is 2.79. The Balaban J connectivity index is 1.71. The highest BCUT2D eigenvalue weighted by Crippen LogP contribution is 2.39. The monoisotopic (exact) mass is 200 g/mol. The zero-order valence-electron chi connectivity index (χ0n) is 8.71. The van der Waals surface area contributed by atoms with Crippen molar-refractivity contribution in [3.8, 4) is 0 Å². The van der Waals surface area contributed by atoms with Crippen molar-refractivity contribution < 1.29 is 14.6 Å². The van der Waals surface area contributed by atoms with E-state index < -0.39 is 0 Å². The van der Waals surface area contributed by atoms with Crippen LogP contribution in [0.15, 0.2) is 0 Å². The van der Waals surface area contributed by atoms with E-state index in [-0.39, 0.29) is 11.9 Å². The van der Waals surface area contributed by atoms with E-state index in [1.807, 2.05) is 0 Å². The largest absolute Gasteiger partial charge is 0.396 e. The van der Waals surface area contributed by atoms with Gasteiger partial charge in [0.25, 0.3) is 0 Å². The number of aliphatic hydroxyl groups excluding tert-OH is 1. The van der Waals surface area contributed by atoms with Crippen LogP contribution in [0.2, 0.25) is 0 Å². The van der Waals surface area contributed by atoms with Crippen LogP contribution in [0.25, 0.3) is 0 Å². The maximum atomic E-state index is 8.67. The van der Waals surface area contributed by atoms with Gasteiger partial charge in [0.15, 0.2) is 5.79 Å². The summed E-state index contributed by atoms with van der Waals surface area (Å²) in [6, 6.07) is 0. The predicted molar refractivity (Wildman–Crippen MR) is 53.0 cm³/mol. The Labute approximate surface area is 85.4 Å². The fourth-order valence-corrected chi connectivity index (χ4v) is 2.42. The minimum atomic E-state index is -0.204. The molecule has 3 heteroatoms. The summed E-state index contributed by atoms with van der Waals surface area (Å²) < 4.78 is 11.7. The third kappa shape index (κ3) is 2.27. The maximum Gasteiger partial charge on any atom is 0.168 e. The van der Waals surface area contributed by atoms with Crippen molar-refractivity contribution in [1.82, 2.24) is 0 Å². The third-order valence-corrected chi connectivity index (χ3v) is 3.21. The SMILES string of the molecule is OCCCCC1COC2(CCCC2)O1. The van der Waals surface area contributed by atoms with Gasteiger partial charge in [-0.1, -0.05) is 0 Å². The fraction of sp³-hybridized carbons (Fsp3) is 1.00. The molecule has 3 nitrogen and oxygen atoms in total. The summed E-state index contributed by atoms with van der Waals surface area (Å²) in [6.45, 7) is 1.05. The van der Waals surface area contributed by atoms with Gasteiger partial charge in [-0.3, -0.25) is 0 Å². The van der Waals surface area contributed by atoms with E-state index in [9.17, 15) is 0 Å². The van der Waals surface area contributed by atoms with Gasteiger partial charge in [-0.05, 0) is 32.1 Å². The van der Waals surface area contributed by atoms with Gasteiger partial charge in [0.05, 0.1) is 12.7 Å². The third-order valence-electron chi connectivity index (χ3n) is 3.21. The zero-order chi connectivity index (χ0) is 9.86. The van der Waals surface area contributed by atoms with Crippen molar-refractivity contribution in [3.63, 3.8) is 0 Å². The van der Waals surface area contributed by atoms with Gasteiger partial charge >= 0.3 is 0 Å². The Morgan fingerprint density at radius 1 is 1.21 bits per heavy atom. The van der Waals surface area contributed by atoms with Crippen molar-refractivity contribution in [3.05, 3.63) is 0 Å². The minimum Gasteiger partial charge on any atom is -0.396 e. The normalized spacial score (nSPS) is 30.2. The molecule has 2 aliphatic rings. The molecule has 1 spiro atoms. The first kappa shape index (κ1) is 10.4. The number of rotatable bonds is 4. The first-order valence-corrected chi connectivity index (χ1v) is 5.77. The predicted octanol–water partition coefficient (Wildman–Crippen LogP) is 1.83. The molecule has 82 valence electrons. The smallest absolute Gasteiger partial charge is 0.168 e. The first-order valence-electron chi connectivity index (χ1n) is 5.77. The summed E-state index contributed by atoms with van der Waals surface area (Å²) >= 11 is 0. The Bertz CT molecular complexity index is 175. The van der Waals surface area contributed by atoms with Crippen LogP contribution in [-0.2, 0) is 9.47 Å². The molecule has 0 aromatic rings. The number of hydrogen-bond acceptors (Lipinski definition) is 3. The summed E-state index contributed by atoms with van der Waals surface area (Å²) in [5, 5.41) is 8.67. The van der Waals surface area contributed by atoms with E-state index in [0.717, 1.165) is 38.7 Å². The minimum absolute atomic E-state index is 0.204. The molecule has 0 bridgehead atoms.